The maximum Gasteiger partial charge on any atom is 1.00 e. The molecule has 0 aromatic heterocycles. The Hall–Kier alpha value is -0.310. The number of hydrogen-bond acceptors (Lipinski definition) is 2. The largest absolute Gasteiger partial charge is 1.00 e. The Bertz CT molecular complexity index is 280. The molecule has 14 heavy (non-hydrogen) atoms. The second-order valence-electron chi connectivity index (χ2n) is 3.09. The SMILES string of the molecule is CCCCc1ccc(C(=O)[O-])cc1.[Na+]. The minimum atomic E-state index is -1.11. The number of carbonyl (C=O) groups is 1. The third-order valence-corrected chi connectivity index (χ3v) is 2.01. The van der Waals surface area contributed by atoms with Gasteiger partial charge >= 0.3 is 29.6 Å². The second kappa shape index (κ2) is 7.04. The molecule has 1 aromatic rings. The van der Waals surface area contributed by atoms with Crippen LogP contribution in [0.15, 0.2) is 24.3 Å². The number of hydrogen-bond donors (Lipinski definition) is 0. The van der Waals surface area contributed by atoms with Crippen molar-refractivity contribution < 1.29 is 39.5 Å². The Morgan fingerprint density at radius 3 is 2.29 bits per heavy atom. The van der Waals surface area contributed by atoms with E-state index >= 15 is 0 Å². The van der Waals surface area contributed by atoms with Crippen molar-refractivity contribution in [2.75, 3.05) is 0 Å². The summed E-state index contributed by atoms with van der Waals surface area (Å²) < 4.78 is 0. The molecule has 1 aromatic carbocycles. The first kappa shape index (κ1) is 13.7. The van der Waals surface area contributed by atoms with E-state index in [2.05, 4.69) is 6.92 Å². The van der Waals surface area contributed by atoms with Crippen LogP contribution in [0, 0.1) is 0 Å². The van der Waals surface area contributed by atoms with E-state index in [4.69, 9.17) is 0 Å². The normalized spacial score (nSPS) is 9.21. The number of carboxylic acid groups (broad SMARTS) is 1. The van der Waals surface area contributed by atoms with E-state index in [1.807, 2.05) is 12.1 Å². The molecule has 2 nitrogen and oxygen atoms in total. The van der Waals surface area contributed by atoms with Gasteiger partial charge in [-0.2, -0.15) is 0 Å². The molecule has 3 heteroatoms. The van der Waals surface area contributed by atoms with Crippen LogP contribution in [0.4, 0.5) is 0 Å². The van der Waals surface area contributed by atoms with Crippen LogP contribution in [0.1, 0.15) is 35.7 Å². The van der Waals surface area contributed by atoms with Crippen LogP contribution in [-0.4, -0.2) is 5.97 Å². The van der Waals surface area contributed by atoms with E-state index in [1.165, 1.54) is 5.56 Å². The number of benzene rings is 1. The summed E-state index contributed by atoms with van der Waals surface area (Å²) in [5, 5.41) is 10.4. The van der Waals surface area contributed by atoms with Gasteiger partial charge in [0, 0.05) is 0 Å². The standard InChI is InChI=1S/C11H14O2.Na/c1-2-3-4-9-5-7-10(8-6-9)11(12)13;/h5-8H,2-4H2,1H3,(H,12,13);/q;+1/p-1. The molecule has 70 valence electrons. The van der Waals surface area contributed by atoms with E-state index in [0.717, 1.165) is 19.3 Å². The van der Waals surface area contributed by atoms with Gasteiger partial charge in [-0.3, -0.25) is 0 Å². The summed E-state index contributed by atoms with van der Waals surface area (Å²) in [6, 6.07) is 6.89. The van der Waals surface area contributed by atoms with Gasteiger partial charge in [-0.05, 0) is 24.0 Å². The molecule has 0 amide bonds. The molecule has 0 unspecified atom stereocenters. The van der Waals surface area contributed by atoms with Crippen LogP contribution < -0.4 is 34.7 Å². The molecular formula is C11H13NaO2. The summed E-state index contributed by atoms with van der Waals surface area (Å²) in [5.74, 6) is -1.11. The van der Waals surface area contributed by atoms with Crippen molar-refractivity contribution in [2.45, 2.75) is 26.2 Å². The summed E-state index contributed by atoms with van der Waals surface area (Å²) in [5.41, 5.74) is 1.44. The van der Waals surface area contributed by atoms with Crippen molar-refractivity contribution in [1.82, 2.24) is 0 Å². The average molecular weight is 200 g/mol. The fourth-order valence-electron chi connectivity index (χ4n) is 1.19. The maximum absolute atomic E-state index is 10.4. The van der Waals surface area contributed by atoms with Crippen LogP contribution in [0.25, 0.3) is 0 Å². The van der Waals surface area contributed by atoms with E-state index < -0.39 is 5.97 Å². The third-order valence-electron chi connectivity index (χ3n) is 2.01. The Morgan fingerprint density at radius 1 is 1.29 bits per heavy atom. The van der Waals surface area contributed by atoms with Crippen LogP contribution >= 0.6 is 0 Å². The summed E-state index contributed by atoms with van der Waals surface area (Å²) in [6.07, 6.45) is 3.32. The minimum absolute atomic E-state index is 0. The molecule has 0 aliphatic rings. The van der Waals surface area contributed by atoms with Crippen LogP contribution in [0.3, 0.4) is 0 Å². The van der Waals surface area contributed by atoms with E-state index in [0.29, 0.717) is 0 Å². The zero-order valence-electron chi connectivity index (χ0n) is 8.75. The van der Waals surface area contributed by atoms with Crippen LogP contribution in [-0.2, 0) is 6.42 Å². The monoisotopic (exact) mass is 200 g/mol. The molecule has 0 spiro atoms. The molecular weight excluding hydrogens is 187 g/mol. The molecule has 0 radical (unpaired) electrons. The number of rotatable bonds is 4. The molecule has 0 bridgehead atoms. The Kier molecular flexibility index (Phi) is 6.89. The number of unbranched alkanes of at least 4 members (excludes halogenated alkanes) is 1. The number of aromatic carboxylic acids is 1. The Morgan fingerprint density at radius 2 is 1.86 bits per heavy atom. The average Bonchev–Trinajstić information content (AvgIpc) is 2.15. The molecule has 0 N–H and O–H groups in total. The molecule has 0 heterocycles. The van der Waals surface area contributed by atoms with Crippen LogP contribution in [0.5, 0.6) is 0 Å². The number of carboxylic acids is 1. The summed E-state index contributed by atoms with van der Waals surface area (Å²) >= 11 is 0. The summed E-state index contributed by atoms with van der Waals surface area (Å²) in [7, 11) is 0. The van der Waals surface area contributed by atoms with E-state index in [-0.39, 0.29) is 35.1 Å². The zero-order chi connectivity index (χ0) is 9.68. The van der Waals surface area contributed by atoms with Crippen molar-refractivity contribution in [1.29, 1.82) is 0 Å². The van der Waals surface area contributed by atoms with Crippen molar-refractivity contribution in [2.24, 2.45) is 0 Å². The fourth-order valence-corrected chi connectivity index (χ4v) is 1.19. The van der Waals surface area contributed by atoms with Crippen molar-refractivity contribution in [3.63, 3.8) is 0 Å². The first-order chi connectivity index (χ1) is 6.24. The van der Waals surface area contributed by atoms with Gasteiger partial charge in [-0.1, -0.05) is 37.6 Å². The second-order valence-corrected chi connectivity index (χ2v) is 3.09. The predicted molar refractivity (Wildman–Crippen MR) is 49.4 cm³/mol. The quantitative estimate of drug-likeness (QED) is 0.549. The molecule has 1 rings (SSSR count). The zero-order valence-corrected chi connectivity index (χ0v) is 10.7. The van der Waals surface area contributed by atoms with E-state index in [9.17, 15) is 9.90 Å². The van der Waals surface area contributed by atoms with Gasteiger partial charge in [0.2, 0.25) is 0 Å². The van der Waals surface area contributed by atoms with Gasteiger partial charge in [-0.25, -0.2) is 0 Å². The predicted octanol–water partition coefficient (Wildman–Crippen LogP) is -1.60. The summed E-state index contributed by atoms with van der Waals surface area (Å²) in [4.78, 5) is 10.4. The molecule has 0 saturated heterocycles. The molecule has 0 aliphatic carbocycles. The fraction of sp³-hybridized carbons (Fsp3) is 0.364. The molecule has 0 saturated carbocycles. The van der Waals surface area contributed by atoms with Gasteiger partial charge in [0.15, 0.2) is 0 Å². The van der Waals surface area contributed by atoms with Gasteiger partial charge in [-0.15, -0.1) is 0 Å². The minimum Gasteiger partial charge on any atom is -0.545 e. The van der Waals surface area contributed by atoms with Gasteiger partial charge in [0.1, 0.15) is 0 Å². The molecule has 0 atom stereocenters. The third kappa shape index (κ3) is 4.27. The van der Waals surface area contributed by atoms with E-state index in [1.54, 1.807) is 12.1 Å². The van der Waals surface area contributed by atoms with Gasteiger partial charge < -0.3 is 9.90 Å². The van der Waals surface area contributed by atoms with Gasteiger partial charge in [0.25, 0.3) is 0 Å². The van der Waals surface area contributed by atoms with Crippen molar-refractivity contribution in [3.8, 4) is 0 Å². The van der Waals surface area contributed by atoms with Gasteiger partial charge in [0.05, 0.1) is 5.97 Å². The van der Waals surface area contributed by atoms with Crippen molar-refractivity contribution in [3.05, 3.63) is 35.4 Å². The van der Waals surface area contributed by atoms with Crippen molar-refractivity contribution >= 4 is 5.97 Å². The van der Waals surface area contributed by atoms with Crippen LogP contribution in [0.2, 0.25) is 0 Å². The number of carbonyl (C=O) groups excluding carboxylic acids is 1. The first-order valence-electron chi connectivity index (χ1n) is 4.54. The molecule has 0 aliphatic heterocycles. The maximum atomic E-state index is 10.4. The smallest absolute Gasteiger partial charge is 0.545 e. The Labute approximate surface area is 107 Å². The first-order valence-corrected chi connectivity index (χ1v) is 4.54. The molecule has 0 fully saturated rings. The number of aryl methyl sites for hydroxylation is 1. The Balaban J connectivity index is 0.00000169. The summed E-state index contributed by atoms with van der Waals surface area (Å²) in [6.45, 7) is 2.13. The topological polar surface area (TPSA) is 40.1 Å².